The first kappa shape index (κ1) is 20.0. The molecule has 0 unspecified atom stereocenters. The summed E-state index contributed by atoms with van der Waals surface area (Å²) >= 11 is 2.87. The van der Waals surface area contributed by atoms with Crippen molar-refractivity contribution in [1.82, 2.24) is 15.2 Å². The van der Waals surface area contributed by atoms with Gasteiger partial charge in [-0.25, -0.2) is 14.6 Å². The van der Waals surface area contributed by atoms with Gasteiger partial charge < -0.3 is 19.7 Å². The number of nitrogens with zero attached hydrogens (tertiary/aromatic N) is 2. The second-order valence-corrected chi connectivity index (χ2v) is 7.01. The highest BCUT2D eigenvalue weighted by Crippen LogP contribution is 2.35. The Morgan fingerprint density at radius 3 is 2.65 bits per heavy atom. The minimum absolute atomic E-state index is 0.0149. The van der Waals surface area contributed by atoms with E-state index in [1.54, 1.807) is 19.1 Å². The molecule has 1 aromatic heterocycles. The van der Waals surface area contributed by atoms with Crippen molar-refractivity contribution in [1.29, 1.82) is 0 Å². The van der Waals surface area contributed by atoms with Crippen LogP contribution in [0, 0.1) is 10.5 Å². The normalized spacial score (nSPS) is 11.3. The average molecular weight is 491 g/mol. The highest BCUT2D eigenvalue weighted by atomic mass is 127. The lowest BCUT2D eigenvalue weighted by atomic mass is 10.2. The Kier molecular flexibility index (Phi) is 6.85. The smallest absolute Gasteiger partial charge is 0.342 e. The topological polar surface area (TPSA) is 135 Å². The molecule has 1 aromatic carbocycles. The second-order valence-electron chi connectivity index (χ2n) is 4.84. The first-order chi connectivity index (χ1) is 12.3. The van der Waals surface area contributed by atoms with E-state index < -0.39 is 18.5 Å². The third-order valence-electron chi connectivity index (χ3n) is 2.88. The third-order valence-corrected chi connectivity index (χ3v) is 4.56. The summed E-state index contributed by atoms with van der Waals surface area (Å²) in [6.45, 7) is 1.20. The molecule has 2 aromatic rings. The van der Waals surface area contributed by atoms with Gasteiger partial charge in [-0.3, -0.25) is 5.10 Å². The molecule has 0 atom stereocenters. The van der Waals surface area contributed by atoms with E-state index in [1.807, 2.05) is 22.6 Å². The Morgan fingerprint density at radius 1 is 1.38 bits per heavy atom. The van der Waals surface area contributed by atoms with Crippen molar-refractivity contribution in [2.45, 2.75) is 12.1 Å². The van der Waals surface area contributed by atoms with Crippen LogP contribution >= 0.6 is 34.4 Å². The SMILES string of the molecule is COc1cc(/C=C(\Sc2n[nH]c(C)n2)C(=O)O)cc(I)c1OCC(=O)O. The summed E-state index contributed by atoms with van der Waals surface area (Å²) in [4.78, 5) is 26.3. The van der Waals surface area contributed by atoms with Crippen molar-refractivity contribution in [3.63, 3.8) is 0 Å². The molecule has 0 amide bonds. The molecular weight excluding hydrogens is 477 g/mol. The van der Waals surface area contributed by atoms with E-state index in [2.05, 4.69) is 15.2 Å². The molecule has 0 aliphatic carbocycles. The molecule has 0 radical (unpaired) electrons. The lowest BCUT2D eigenvalue weighted by Gasteiger charge is -2.12. The Hall–Kier alpha value is -2.28. The minimum Gasteiger partial charge on any atom is -0.493 e. The van der Waals surface area contributed by atoms with Gasteiger partial charge in [-0.15, -0.1) is 5.10 Å². The van der Waals surface area contributed by atoms with Crippen molar-refractivity contribution >= 4 is 52.4 Å². The number of carbonyl (C=O) groups is 2. The first-order valence-electron chi connectivity index (χ1n) is 7.04. The quantitative estimate of drug-likeness (QED) is 0.289. The van der Waals surface area contributed by atoms with E-state index >= 15 is 0 Å². The second kappa shape index (κ2) is 8.89. The molecule has 138 valence electrons. The number of thioether (sulfide) groups is 1. The van der Waals surface area contributed by atoms with E-state index in [4.69, 9.17) is 14.6 Å². The van der Waals surface area contributed by atoms with Gasteiger partial charge in [-0.1, -0.05) is 0 Å². The Labute approximate surface area is 165 Å². The van der Waals surface area contributed by atoms with Crippen LogP contribution in [0.3, 0.4) is 0 Å². The highest BCUT2D eigenvalue weighted by molar-refractivity contribution is 14.1. The van der Waals surface area contributed by atoms with Crippen LogP contribution in [0.5, 0.6) is 11.5 Å². The number of aryl methyl sites for hydroxylation is 1. The molecule has 3 N–H and O–H groups in total. The maximum atomic E-state index is 11.5. The van der Waals surface area contributed by atoms with Crippen molar-refractivity contribution < 1.29 is 29.3 Å². The molecule has 26 heavy (non-hydrogen) atoms. The lowest BCUT2D eigenvalue weighted by molar-refractivity contribution is -0.139. The zero-order chi connectivity index (χ0) is 19.3. The molecule has 0 aliphatic heterocycles. The predicted octanol–water partition coefficient (Wildman–Crippen LogP) is 2.41. The van der Waals surface area contributed by atoms with E-state index in [9.17, 15) is 14.7 Å². The van der Waals surface area contributed by atoms with Crippen molar-refractivity contribution in [3.05, 3.63) is 32.0 Å². The largest absolute Gasteiger partial charge is 0.493 e. The van der Waals surface area contributed by atoms with Gasteiger partial charge >= 0.3 is 11.9 Å². The Bertz CT molecular complexity index is 867. The number of carboxylic acids is 2. The third kappa shape index (κ3) is 5.36. The molecular formula is C15H14IN3O6S. The Balaban J connectivity index is 2.35. The van der Waals surface area contributed by atoms with Gasteiger partial charge in [0.2, 0.25) is 5.16 Å². The standard InChI is InChI=1S/C15H14IN3O6S/c1-7-17-15(19-18-7)26-11(14(22)23)5-8-3-9(16)13(10(4-8)24-2)25-6-12(20)21/h3-5H,6H2,1-2H3,(H,20,21)(H,22,23)(H,17,18,19)/b11-5-. The monoisotopic (exact) mass is 491 g/mol. The summed E-state index contributed by atoms with van der Waals surface area (Å²) in [7, 11) is 1.41. The molecule has 1 heterocycles. The summed E-state index contributed by atoms with van der Waals surface area (Å²) in [5.74, 6) is -1.08. The van der Waals surface area contributed by atoms with E-state index in [0.717, 1.165) is 11.8 Å². The number of methoxy groups -OCH3 is 1. The van der Waals surface area contributed by atoms with E-state index in [1.165, 1.54) is 13.2 Å². The number of nitrogens with one attached hydrogen (secondary N) is 1. The summed E-state index contributed by atoms with van der Waals surface area (Å²) in [6.07, 6.45) is 1.45. The molecule has 9 nitrogen and oxygen atoms in total. The number of rotatable bonds is 8. The maximum Gasteiger partial charge on any atom is 0.342 e. The molecule has 0 spiro atoms. The summed E-state index contributed by atoms with van der Waals surface area (Å²) in [5.41, 5.74) is 0.547. The molecule has 0 aliphatic rings. The van der Waals surface area contributed by atoms with Crippen LogP contribution in [0.4, 0.5) is 0 Å². The van der Waals surface area contributed by atoms with Gasteiger partial charge in [0.1, 0.15) is 10.7 Å². The number of H-pyrrole nitrogens is 1. The predicted molar refractivity (Wildman–Crippen MR) is 101 cm³/mol. The molecule has 11 heteroatoms. The number of ether oxygens (including phenoxy) is 2. The number of aliphatic carboxylic acids is 2. The first-order valence-corrected chi connectivity index (χ1v) is 8.93. The van der Waals surface area contributed by atoms with Crippen LogP contribution < -0.4 is 9.47 Å². The number of hydrogen-bond donors (Lipinski definition) is 3. The Morgan fingerprint density at radius 2 is 2.12 bits per heavy atom. The van der Waals surface area contributed by atoms with Crippen LogP contribution in [-0.2, 0) is 9.59 Å². The number of benzene rings is 1. The number of aromatic amines is 1. The van der Waals surface area contributed by atoms with Crippen molar-refractivity contribution in [2.24, 2.45) is 0 Å². The van der Waals surface area contributed by atoms with E-state index in [-0.39, 0.29) is 10.7 Å². The molecule has 0 saturated heterocycles. The lowest BCUT2D eigenvalue weighted by Crippen LogP contribution is -2.11. The maximum absolute atomic E-state index is 11.5. The summed E-state index contributed by atoms with van der Waals surface area (Å²) < 4.78 is 11.0. The van der Waals surface area contributed by atoms with Crippen LogP contribution in [0.15, 0.2) is 22.2 Å². The van der Waals surface area contributed by atoms with Gasteiger partial charge in [-0.2, -0.15) is 0 Å². The van der Waals surface area contributed by atoms with Crippen LogP contribution in [0.1, 0.15) is 11.4 Å². The van der Waals surface area contributed by atoms with Gasteiger partial charge in [-0.05, 0) is 65.0 Å². The average Bonchev–Trinajstić information content (AvgIpc) is 2.97. The van der Waals surface area contributed by atoms with Crippen molar-refractivity contribution in [2.75, 3.05) is 13.7 Å². The van der Waals surface area contributed by atoms with E-state index in [0.29, 0.717) is 25.9 Å². The molecule has 0 bridgehead atoms. The molecule has 0 fully saturated rings. The summed E-state index contributed by atoms with van der Waals surface area (Å²) in [6, 6.07) is 3.22. The van der Waals surface area contributed by atoms with Crippen LogP contribution in [0.2, 0.25) is 0 Å². The fourth-order valence-electron chi connectivity index (χ4n) is 1.85. The van der Waals surface area contributed by atoms with Crippen LogP contribution in [-0.4, -0.2) is 51.0 Å². The molecule has 2 rings (SSSR count). The fourth-order valence-corrected chi connectivity index (χ4v) is 3.38. The molecule has 0 saturated carbocycles. The van der Waals surface area contributed by atoms with Gasteiger partial charge in [0, 0.05) is 0 Å². The number of hydrogen-bond acceptors (Lipinski definition) is 7. The van der Waals surface area contributed by atoms with Gasteiger partial charge in [0.05, 0.1) is 10.7 Å². The van der Waals surface area contributed by atoms with Gasteiger partial charge in [0.15, 0.2) is 18.1 Å². The van der Waals surface area contributed by atoms with Crippen LogP contribution in [0.25, 0.3) is 6.08 Å². The zero-order valence-electron chi connectivity index (χ0n) is 13.6. The summed E-state index contributed by atoms with van der Waals surface area (Å²) in [5, 5.41) is 25.0. The minimum atomic E-state index is -1.13. The fraction of sp³-hybridized carbons (Fsp3) is 0.200. The zero-order valence-corrected chi connectivity index (χ0v) is 16.6. The number of carboxylic acid groups (broad SMARTS) is 2. The van der Waals surface area contributed by atoms with Crippen molar-refractivity contribution in [3.8, 4) is 11.5 Å². The number of aromatic nitrogens is 3. The number of halogens is 1. The highest BCUT2D eigenvalue weighted by Gasteiger charge is 2.16. The van der Waals surface area contributed by atoms with Gasteiger partial charge in [0.25, 0.3) is 0 Å².